The number of methoxy groups -OCH3 is 2. The third-order valence-corrected chi connectivity index (χ3v) is 4.28. The third-order valence-electron chi connectivity index (χ3n) is 2.99. The van der Waals surface area contributed by atoms with Crippen molar-refractivity contribution in [2.24, 2.45) is 5.73 Å². The van der Waals surface area contributed by atoms with E-state index in [-0.39, 0.29) is 6.04 Å². The van der Waals surface area contributed by atoms with Crippen LogP contribution in [0.5, 0.6) is 11.5 Å². The largest absolute Gasteiger partial charge is 0.497 e. The molecule has 19 heavy (non-hydrogen) atoms. The minimum Gasteiger partial charge on any atom is -0.497 e. The molecule has 1 rings (SSSR count). The Balaban J connectivity index is 3.18. The first-order valence-corrected chi connectivity index (χ1v) is 7.56. The molecule has 4 heteroatoms. The van der Waals surface area contributed by atoms with Gasteiger partial charge in [0.1, 0.15) is 11.5 Å². The zero-order valence-electron chi connectivity index (χ0n) is 12.5. The van der Waals surface area contributed by atoms with Gasteiger partial charge in [0.05, 0.1) is 19.1 Å². The molecule has 0 radical (unpaired) electrons. The van der Waals surface area contributed by atoms with E-state index in [1.807, 2.05) is 30.8 Å². The normalized spacial score (nSPS) is 14.0. The number of thioether (sulfide) groups is 1. The quantitative estimate of drug-likeness (QED) is 0.778. The Hall–Kier alpha value is -0.870. The van der Waals surface area contributed by atoms with Crippen LogP contribution in [0, 0.1) is 0 Å². The Bertz CT molecular complexity index is 407. The van der Waals surface area contributed by atoms with E-state index < -0.39 is 0 Å². The summed E-state index contributed by atoms with van der Waals surface area (Å²) in [6, 6.07) is 4.16. The highest BCUT2D eigenvalue weighted by Gasteiger charge is 2.15. The van der Waals surface area contributed by atoms with Crippen molar-refractivity contribution in [3.05, 3.63) is 17.7 Å². The molecule has 3 nitrogen and oxygen atoms in total. The lowest BCUT2D eigenvalue weighted by atomic mass is 10.1. The van der Waals surface area contributed by atoms with Gasteiger partial charge in [-0.05, 0) is 31.9 Å². The van der Waals surface area contributed by atoms with Gasteiger partial charge in [0.25, 0.3) is 0 Å². The zero-order chi connectivity index (χ0) is 14.4. The van der Waals surface area contributed by atoms with E-state index in [4.69, 9.17) is 15.2 Å². The van der Waals surface area contributed by atoms with Crippen LogP contribution in [-0.2, 0) is 6.42 Å². The molecule has 0 spiro atoms. The molecule has 1 aromatic rings. The predicted molar refractivity (Wildman–Crippen MR) is 82.5 cm³/mol. The van der Waals surface area contributed by atoms with Crippen LogP contribution in [0.15, 0.2) is 17.0 Å². The van der Waals surface area contributed by atoms with Crippen LogP contribution in [0.4, 0.5) is 0 Å². The van der Waals surface area contributed by atoms with Crippen molar-refractivity contribution < 1.29 is 9.47 Å². The summed E-state index contributed by atoms with van der Waals surface area (Å²) >= 11 is 1.82. The van der Waals surface area contributed by atoms with E-state index in [0.29, 0.717) is 5.25 Å². The van der Waals surface area contributed by atoms with Gasteiger partial charge < -0.3 is 15.2 Å². The highest BCUT2D eigenvalue weighted by molar-refractivity contribution is 8.00. The molecule has 0 fully saturated rings. The summed E-state index contributed by atoms with van der Waals surface area (Å²) in [5, 5.41) is 0.546. The maximum Gasteiger partial charge on any atom is 0.135 e. The van der Waals surface area contributed by atoms with Crippen LogP contribution in [-0.4, -0.2) is 25.5 Å². The van der Waals surface area contributed by atoms with Crippen molar-refractivity contribution in [2.45, 2.75) is 49.8 Å². The summed E-state index contributed by atoms with van der Waals surface area (Å²) in [5.74, 6) is 1.80. The van der Waals surface area contributed by atoms with E-state index in [0.717, 1.165) is 34.8 Å². The van der Waals surface area contributed by atoms with E-state index in [1.165, 1.54) is 0 Å². The summed E-state index contributed by atoms with van der Waals surface area (Å²) in [7, 11) is 3.41. The molecular formula is C15H25NO2S. The van der Waals surface area contributed by atoms with E-state index in [9.17, 15) is 0 Å². The lowest BCUT2D eigenvalue weighted by molar-refractivity contribution is 0.388. The van der Waals surface area contributed by atoms with Crippen molar-refractivity contribution in [1.29, 1.82) is 0 Å². The second-order valence-corrected chi connectivity index (χ2v) is 6.32. The molecule has 1 unspecified atom stereocenters. The molecule has 2 N–H and O–H groups in total. The van der Waals surface area contributed by atoms with Gasteiger partial charge in [0.2, 0.25) is 0 Å². The van der Waals surface area contributed by atoms with Gasteiger partial charge in [-0.2, -0.15) is 0 Å². The van der Waals surface area contributed by atoms with E-state index in [2.05, 4.69) is 13.8 Å². The molecule has 0 aliphatic heterocycles. The van der Waals surface area contributed by atoms with Crippen LogP contribution < -0.4 is 15.2 Å². The average molecular weight is 283 g/mol. The molecule has 0 aliphatic rings. The topological polar surface area (TPSA) is 44.5 Å². The molecule has 0 aliphatic carbocycles. The summed E-state index contributed by atoms with van der Waals surface area (Å²) < 4.78 is 11.0. The van der Waals surface area contributed by atoms with Crippen LogP contribution in [0.2, 0.25) is 0 Å². The van der Waals surface area contributed by atoms with Crippen molar-refractivity contribution in [3.63, 3.8) is 0 Å². The Kier molecular flexibility index (Phi) is 6.52. The van der Waals surface area contributed by atoms with Gasteiger partial charge in [-0.15, -0.1) is 11.8 Å². The van der Waals surface area contributed by atoms with Crippen LogP contribution in [0.1, 0.15) is 32.8 Å². The third kappa shape index (κ3) is 4.62. The molecule has 108 valence electrons. The second kappa shape index (κ2) is 7.65. The molecular weight excluding hydrogens is 258 g/mol. The van der Waals surface area contributed by atoms with Gasteiger partial charge in [0, 0.05) is 16.9 Å². The van der Waals surface area contributed by atoms with Gasteiger partial charge in [-0.3, -0.25) is 0 Å². The van der Waals surface area contributed by atoms with E-state index in [1.54, 1.807) is 14.2 Å². The van der Waals surface area contributed by atoms with Gasteiger partial charge in [-0.25, -0.2) is 0 Å². The van der Waals surface area contributed by atoms with Crippen molar-refractivity contribution in [3.8, 4) is 11.5 Å². The summed E-state index contributed by atoms with van der Waals surface area (Å²) in [6.45, 7) is 6.41. The number of ether oxygens (including phenoxy) is 2. The standard InChI is InChI=1S/C15H25NO2S/c1-6-11(3)19-14-9-13(17-4)8-12(7-10(2)16)15(14)18-5/h8-11H,6-7,16H2,1-5H3/t10-,11?/m1/s1. The molecule has 0 amide bonds. The van der Waals surface area contributed by atoms with E-state index >= 15 is 0 Å². The fourth-order valence-electron chi connectivity index (χ4n) is 1.87. The Morgan fingerprint density at radius 3 is 2.37 bits per heavy atom. The molecule has 0 saturated heterocycles. The van der Waals surface area contributed by atoms with Gasteiger partial charge >= 0.3 is 0 Å². The van der Waals surface area contributed by atoms with Crippen molar-refractivity contribution in [1.82, 2.24) is 0 Å². The Morgan fingerprint density at radius 2 is 1.89 bits per heavy atom. The minimum atomic E-state index is 0.0995. The van der Waals surface area contributed by atoms with Crippen LogP contribution >= 0.6 is 11.8 Å². The monoisotopic (exact) mass is 283 g/mol. The Morgan fingerprint density at radius 1 is 1.21 bits per heavy atom. The first kappa shape index (κ1) is 16.2. The maximum atomic E-state index is 5.91. The molecule has 0 saturated carbocycles. The number of nitrogens with two attached hydrogens (primary N) is 1. The smallest absolute Gasteiger partial charge is 0.135 e. The summed E-state index contributed by atoms with van der Waals surface area (Å²) in [6.07, 6.45) is 1.90. The highest BCUT2D eigenvalue weighted by Crippen LogP contribution is 2.39. The van der Waals surface area contributed by atoms with Gasteiger partial charge in [-0.1, -0.05) is 13.8 Å². The molecule has 0 bridgehead atoms. The highest BCUT2D eigenvalue weighted by atomic mass is 32.2. The average Bonchev–Trinajstić information content (AvgIpc) is 2.37. The number of hydrogen-bond acceptors (Lipinski definition) is 4. The lowest BCUT2D eigenvalue weighted by Crippen LogP contribution is -2.18. The summed E-state index contributed by atoms with van der Waals surface area (Å²) in [5.41, 5.74) is 7.03. The van der Waals surface area contributed by atoms with Crippen molar-refractivity contribution in [2.75, 3.05) is 14.2 Å². The van der Waals surface area contributed by atoms with Crippen LogP contribution in [0.3, 0.4) is 0 Å². The fraction of sp³-hybridized carbons (Fsp3) is 0.600. The molecule has 2 atom stereocenters. The lowest BCUT2D eigenvalue weighted by Gasteiger charge is -2.18. The summed E-state index contributed by atoms with van der Waals surface area (Å²) in [4.78, 5) is 1.13. The molecule has 1 aromatic carbocycles. The minimum absolute atomic E-state index is 0.0995. The van der Waals surface area contributed by atoms with Crippen molar-refractivity contribution >= 4 is 11.8 Å². The molecule has 0 aromatic heterocycles. The first-order chi connectivity index (χ1) is 9.01. The second-order valence-electron chi connectivity index (χ2n) is 4.84. The number of benzene rings is 1. The zero-order valence-corrected chi connectivity index (χ0v) is 13.3. The number of rotatable bonds is 7. The maximum absolute atomic E-state index is 5.91. The Labute approximate surface area is 120 Å². The first-order valence-electron chi connectivity index (χ1n) is 6.68. The number of hydrogen-bond donors (Lipinski definition) is 1. The van der Waals surface area contributed by atoms with Crippen LogP contribution in [0.25, 0.3) is 0 Å². The molecule has 0 heterocycles. The SMILES string of the molecule is CCC(C)Sc1cc(OC)cc(C[C@@H](C)N)c1OC. The predicted octanol–water partition coefficient (Wildman–Crippen LogP) is 3.48. The fourth-order valence-corrected chi connectivity index (χ4v) is 2.97. The van der Waals surface area contributed by atoms with Gasteiger partial charge in [0.15, 0.2) is 0 Å².